The van der Waals surface area contributed by atoms with E-state index in [9.17, 15) is 4.79 Å². The summed E-state index contributed by atoms with van der Waals surface area (Å²) in [7, 11) is 0. The Labute approximate surface area is 165 Å². The third-order valence-electron chi connectivity index (χ3n) is 5.22. The van der Waals surface area contributed by atoms with E-state index < -0.39 is 0 Å². The number of amides is 1. The minimum atomic E-state index is -0.0128. The van der Waals surface area contributed by atoms with Crippen molar-refractivity contribution in [3.63, 3.8) is 0 Å². The first-order chi connectivity index (χ1) is 13.8. The van der Waals surface area contributed by atoms with Gasteiger partial charge >= 0.3 is 0 Å². The van der Waals surface area contributed by atoms with Crippen molar-refractivity contribution in [2.45, 2.75) is 19.4 Å². The van der Waals surface area contributed by atoms with Crippen LogP contribution in [-0.4, -0.2) is 35.2 Å². The van der Waals surface area contributed by atoms with Crippen LogP contribution in [0, 0.1) is 5.92 Å². The van der Waals surface area contributed by atoms with Crippen molar-refractivity contribution in [1.82, 2.24) is 14.9 Å². The van der Waals surface area contributed by atoms with E-state index in [0.29, 0.717) is 18.0 Å². The van der Waals surface area contributed by atoms with Gasteiger partial charge in [0, 0.05) is 44.3 Å². The lowest BCUT2D eigenvalue weighted by atomic mass is 10.0. The number of nitrogens with one attached hydrogen (secondary N) is 1. The summed E-state index contributed by atoms with van der Waals surface area (Å²) in [5.41, 5.74) is 4.17. The zero-order chi connectivity index (χ0) is 19.2. The van der Waals surface area contributed by atoms with E-state index in [4.69, 9.17) is 4.74 Å². The van der Waals surface area contributed by atoms with Crippen molar-refractivity contribution in [2.75, 3.05) is 19.8 Å². The summed E-state index contributed by atoms with van der Waals surface area (Å²) in [5.74, 6) is 0.570. The molecular formula is C23H25N3O2. The van der Waals surface area contributed by atoms with Gasteiger partial charge < -0.3 is 14.6 Å². The molecule has 1 fully saturated rings. The molecule has 1 saturated heterocycles. The third kappa shape index (κ3) is 4.67. The highest BCUT2D eigenvalue weighted by atomic mass is 16.5. The fourth-order valence-corrected chi connectivity index (χ4v) is 3.51. The lowest BCUT2D eigenvalue weighted by Gasteiger charge is -2.09. The predicted molar refractivity (Wildman–Crippen MR) is 109 cm³/mol. The fraction of sp³-hybridized carbons (Fsp3) is 0.304. The van der Waals surface area contributed by atoms with E-state index in [0.717, 1.165) is 43.7 Å². The molecule has 28 heavy (non-hydrogen) atoms. The van der Waals surface area contributed by atoms with E-state index in [1.807, 2.05) is 41.4 Å². The molecule has 0 saturated carbocycles. The van der Waals surface area contributed by atoms with Crippen LogP contribution in [0.2, 0.25) is 0 Å². The second kappa shape index (κ2) is 8.85. The summed E-state index contributed by atoms with van der Waals surface area (Å²) in [4.78, 5) is 16.4. The lowest BCUT2D eigenvalue weighted by molar-refractivity contribution is 0.0950. The summed E-state index contributed by atoms with van der Waals surface area (Å²) < 4.78 is 7.41. The second-order valence-corrected chi connectivity index (χ2v) is 7.28. The smallest absolute Gasteiger partial charge is 0.251 e. The first kappa shape index (κ1) is 18.4. The molecule has 1 N–H and O–H groups in total. The van der Waals surface area contributed by atoms with Gasteiger partial charge in [-0.05, 0) is 47.6 Å². The normalized spacial score (nSPS) is 16.2. The molecule has 144 valence electrons. The summed E-state index contributed by atoms with van der Waals surface area (Å²) in [6.07, 6.45) is 7.65. The highest BCUT2D eigenvalue weighted by Gasteiger charge is 2.15. The van der Waals surface area contributed by atoms with Crippen molar-refractivity contribution in [3.05, 3.63) is 78.4 Å². The first-order valence-corrected chi connectivity index (χ1v) is 9.79. The van der Waals surface area contributed by atoms with Crippen LogP contribution in [0.3, 0.4) is 0 Å². The maximum atomic E-state index is 12.3. The number of nitrogens with zero attached hydrogens (tertiary/aromatic N) is 2. The molecule has 3 aromatic rings. The molecule has 5 heteroatoms. The molecule has 1 aliphatic heterocycles. The predicted octanol–water partition coefficient (Wildman–Crippen LogP) is 3.75. The van der Waals surface area contributed by atoms with E-state index in [1.165, 1.54) is 5.56 Å². The third-order valence-corrected chi connectivity index (χ3v) is 5.22. The SMILES string of the molecule is O=C(NCCC1CCOC1)c1ccc(-c2ccc(Cn3ccnc3)cc2)cc1. The van der Waals surface area contributed by atoms with Crippen molar-refractivity contribution in [3.8, 4) is 11.1 Å². The summed E-state index contributed by atoms with van der Waals surface area (Å²) in [5, 5.41) is 3.01. The van der Waals surface area contributed by atoms with Crippen molar-refractivity contribution in [2.24, 2.45) is 5.92 Å². The van der Waals surface area contributed by atoms with Crippen LogP contribution in [0.5, 0.6) is 0 Å². The number of benzene rings is 2. The Morgan fingerprint density at radius 1 is 1.11 bits per heavy atom. The van der Waals surface area contributed by atoms with Crippen LogP contribution in [0.4, 0.5) is 0 Å². The monoisotopic (exact) mass is 375 g/mol. The van der Waals surface area contributed by atoms with Crippen LogP contribution in [0.25, 0.3) is 11.1 Å². The van der Waals surface area contributed by atoms with Crippen LogP contribution >= 0.6 is 0 Å². The number of hydrogen-bond acceptors (Lipinski definition) is 3. The number of carbonyl (C=O) groups excluding carboxylic acids is 1. The number of hydrogen-bond donors (Lipinski definition) is 1. The number of ether oxygens (including phenoxy) is 1. The molecule has 1 aromatic heterocycles. The highest BCUT2D eigenvalue weighted by molar-refractivity contribution is 5.94. The van der Waals surface area contributed by atoms with E-state index in [1.54, 1.807) is 6.20 Å². The molecule has 2 aromatic carbocycles. The van der Waals surface area contributed by atoms with Crippen LogP contribution in [-0.2, 0) is 11.3 Å². The molecule has 1 amide bonds. The average molecular weight is 375 g/mol. The molecular weight excluding hydrogens is 350 g/mol. The molecule has 5 nitrogen and oxygen atoms in total. The molecule has 1 unspecified atom stereocenters. The second-order valence-electron chi connectivity index (χ2n) is 7.28. The minimum Gasteiger partial charge on any atom is -0.381 e. The Morgan fingerprint density at radius 3 is 2.50 bits per heavy atom. The molecule has 4 rings (SSSR count). The van der Waals surface area contributed by atoms with Gasteiger partial charge in [0.1, 0.15) is 0 Å². The zero-order valence-corrected chi connectivity index (χ0v) is 15.9. The largest absolute Gasteiger partial charge is 0.381 e. The van der Waals surface area contributed by atoms with Crippen LogP contribution in [0.1, 0.15) is 28.8 Å². The Balaban J connectivity index is 1.32. The lowest BCUT2D eigenvalue weighted by Crippen LogP contribution is -2.26. The topological polar surface area (TPSA) is 56.1 Å². The molecule has 2 heterocycles. The number of imidazole rings is 1. The molecule has 0 radical (unpaired) electrons. The average Bonchev–Trinajstić information content (AvgIpc) is 3.43. The Bertz CT molecular complexity index is 881. The maximum Gasteiger partial charge on any atom is 0.251 e. The quantitative estimate of drug-likeness (QED) is 0.684. The minimum absolute atomic E-state index is 0.0128. The van der Waals surface area contributed by atoms with Crippen molar-refractivity contribution < 1.29 is 9.53 Å². The van der Waals surface area contributed by atoms with E-state index in [2.05, 4.69) is 34.6 Å². The Hall–Kier alpha value is -2.92. The van der Waals surface area contributed by atoms with Gasteiger partial charge in [0.15, 0.2) is 0 Å². The van der Waals surface area contributed by atoms with Gasteiger partial charge in [-0.25, -0.2) is 4.98 Å². The van der Waals surface area contributed by atoms with E-state index >= 15 is 0 Å². The molecule has 1 aliphatic rings. The van der Waals surface area contributed by atoms with Gasteiger partial charge in [0.2, 0.25) is 0 Å². The number of carbonyl (C=O) groups is 1. The van der Waals surface area contributed by atoms with Crippen molar-refractivity contribution in [1.29, 1.82) is 0 Å². The zero-order valence-electron chi connectivity index (χ0n) is 15.9. The van der Waals surface area contributed by atoms with Gasteiger partial charge in [-0.15, -0.1) is 0 Å². The first-order valence-electron chi connectivity index (χ1n) is 9.79. The highest BCUT2D eigenvalue weighted by Crippen LogP contribution is 2.21. The molecule has 0 bridgehead atoms. The number of rotatable bonds is 7. The van der Waals surface area contributed by atoms with Crippen molar-refractivity contribution >= 4 is 5.91 Å². The van der Waals surface area contributed by atoms with Gasteiger partial charge in [0.25, 0.3) is 5.91 Å². The van der Waals surface area contributed by atoms with Crippen LogP contribution < -0.4 is 5.32 Å². The van der Waals surface area contributed by atoms with Gasteiger partial charge in [-0.2, -0.15) is 0 Å². The molecule has 0 spiro atoms. The fourth-order valence-electron chi connectivity index (χ4n) is 3.51. The summed E-state index contributed by atoms with van der Waals surface area (Å²) in [6, 6.07) is 16.3. The standard InChI is InChI=1S/C23H25N3O2/c27-23(25-11-9-19-10-14-28-16-19)22-7-5-21(6-8-22)20-3-1-18(2-4-20)15-26-13-12-24-17-26/h1-8,12-13,17,19H,9-11,14-16H2,(H,25,27). The van der Waals surface area contributed by atoms with Crippen LogP contribution in [0.15, 0.2) is 67.3 Å². The summed E-state index contributed by atoms with van der Waals surface area (Å²) >= 11 is 0. The van der Waals surface area contributed by atoms with E-state index in [-0.39, 0.29) is 5.91 Å². The Morgan fingerprint density at radius 2 is 1.86 bits per heavy atom. The summed E-state index contributed by atoms with van der Waals surface area (Å²) in [6.45, 7) is 3.19. The number of aromatic nitrogens is 2. The van der Waals surface area contributed by atoms with Gasteiger partial charge in [-0.1, -0.05) is 36.4 Å². The Kier molecular flexibility index (Phi) is 5.83. The van der Waals surface area contributed by atoms with Gasteiger partial charge in [0.05, 0.1) is 6.33 Å². The van der Waals surface area contributed by atoms with Gasteiger partial charge in [-0.3, -0.25) is 4.79 Å². The molecule has 1 atom stereocenters. The molecule has 0 aliphatic carbocycles. The maximum absolute atomic E-state index is 12.3.